The predicted octanol–water partition coefficient (Wildman–Crippen LogP) is 7.56. The molecule has 1 unspecified atom stereocenters. The highest BCUT2D eigenvalue weighted by molar-refractivity contribution is 6.31. The number of hydrogen-bond donors (Lipinski definition) is 2. The first-order valence-corrected chi connectivity index (χ1v) is 11.8. The van der Waals surface area contributed by atoms with Crippen LogP contribution in [0.5, 0.6) is 11.5 Å². The molecule has 0 saturated carbocycles. The Morgan fingerprint density at radius 2 is 1.75 bits per heavy atom. The van der Waals surface area contributed by atoms with E-state index in [0.717, 1.165) is 17.7 Å². The molecule has 0 radical (unpaired) electrons. The van der Waals surface area contributed by atoms with E-state index in [1.54, 1.807) is 24.3 Å². The molecule has 3 aromatic carbocycles. The number of rotatable bonds is 12. The molecule has 0 aliphatic heterocycles. The van der Waals surface area contributed by atoms with E-state index in [1.807, 2.05) is 12.1 Å². The summed E-state index contributed by atoms with van der Waals surface area (Å²) in [6.07, 6.45) is 5.29. The quantitative estimate of drug-likeness (QED) is 0.243. The normalized spacial score (nSPS) is 12.1. The van der Waals surface area contributed by atoms with Crippen molar-refractivity contribution in [1.29, 1.82) is 0 Å². The Kier molecular flexibility index (Phi) is 9.82. The van der Waals surface area contributed by atoms with Crippen LogP contribution >= 0.6 is 11.6 Å². The van der Waals surface area contributed by atoms with E-state index in [4.69, 9.17) is 21.4 Å². The van der Waals surface area contributed by atoms with E-state index in [9.17, 15) is 23.1 Å². The van der Waals surface area contributed by atoms with E-state index in [2.05, 4.69) is 0 Å². The van der Waals surface area contributed by atoms with E-state index in [0.29, 0.717) is 41.2 Å². The maximum atomic E-state index is 14.0. The third kappa shape index (κ3) is 8.05. The second kappa shape index (κ2) is 13.0. The van der Waals surface area contributed by atoms with Gasteiger partial charge in [-0.3, -0.25) is 4.79 Å². The Morgan fingerprint density at radius 1 is 1.03 bits per heavy atom. The molecule has 2 N–H and O–H groups in total. The summed E-state index contributed by atoms with van der Waals surface area (Å²) in [7, 11) is 0. The van der Waals surface area contributed by atoms with Crippen LogP contribution in [-0.2, 0) is 17.8 Å². The summed E-state index contributed by atoms with van der Waals surface area (Å²) in [5.74, 6) is -4.31. The van der Waals surface area contributed by atoms with Gasteiger partial charge in [0.2, 0.25) is 0 Å². The van der Waals surface area contributed by atoms with Gasteiger partial charge < -0.3 is 14.9 Å². The van der Waals surface area contributed by atoms with Gasteiger partial charge in [0.05, 0.1) is 0 Å². The number of carboxylic acids is 1. The Bertz CT molecular complexity index is 1210. The summed E-state index contributed by atoms with van der Waals surface area (Å²) in [6, 6.07) is 13.5. The van der Waals surface area contributed by atoms with E-state index < -0.39 is 29.2 Å². The number of aliphatic carboxylic acids is 1. The van der Waals surface area contributed by atoms with Crippen LogP contribution in [-0.4, -0.2) is 16.2 Å². The minimum atomic E-state index is -1.06. The topological polar surface area (TPSA) is 66.8 Å². The van der Waals surface area contributed by atoms with Crippen molar-refractivity contribution in [3.05, 3.63) is 99.8 Å². The molecule has 3 aromatic rings. The van der Waals surface area contributed by atoms with Crippen molar-refractivity contribution in [2.24, 2.45) is 5.92 Å². The van der Waals surface area contributed by atoms with Gasteiger partial charge in [-0.15, -0.1) is 0 Å². The lowest BCUT2D eigenvalue weighted by atomic mass is 9.92. The maximum absolute atomic E-state index is 14.0. The van der Waals surface area contributed by atoms with E-state index >= 15 is 0 Å². The Labute approximate surface area is 212 Å². The third-order valence-corrected chi connectivity index (χ3v) is 6.02. The van der Waals surface area contributed by atoms with Crippen molar-refractivity contribution in [1.82, 2.24) is 0 Å². The molecule has 0 aliphatic carbocycles. The number of allylic oxidation sites excluding steroid dienone is 1. The number of halogens is 4. The van der Waals surface area contributed by atoms with Gasteiger partial charge in [-0.25, -0.2) is 13.2 Å². The number of ether oxygens (including phenoxy) is 1. The number of benzene rings is 3. The van der Waals surface area contributed by atoms with Gasteiger partial charge in [0, 0.05) is 22.6 Å². The van der Waals surface area contributed by atoms with Gasteiger partial charge >= 0.3 is 5.97 Å². The predicted molar refractivity (Wildman–Crippen MR) is 133 cm³/mol. The number of phenolic OH excluding ortho intramolecular Hbond substituents is 1. The first-order valence-electron chi connectivity index (χ1n) is 11.5. The molecule has 0 saturated heterocycles. The molecule has 8 heteroatoms. The summed E-state index contributed by atoms with van der Waals surface area (Å²) >= 11 is 6.19. The van der Waals surface area contributed by atoms with Gasteiger partial charge in [-0.1, -0.05) is 48.4 Å². The fourth-order valence-corrected chi connectivity index (χ4v) is 3.97. The van der Waals surface area contributed by atoms with Crippen molar-refractivity contribution >= 4 is 23.6 Å². The smallest absolute Gasteiger partial charge is 0.303 e. The second-order valence-electron chi connectivity index (χ2n) is 8.43. The average Bonchev–Trinajstić information content (AvgIpc) is 2.83. The molecule has 36 heavy (non-hydrogen) atoms. The van der Waals surface area contributed by atoms with Crippen LogP contribution in [0.4, 0.5) is 13.2 Å². The molecule has 0 heterocycles. The molecule has 0 aliphatic rings. The zero-order chi connectivity index (χ0) is 26.1. The zero-order valence-electron chi connectivity index (χ0n) is 19.4. The minimum Gasteiger partial charge on any atom is -0.503 e. The molecule has 4 nitrogen and oxygen atoms in total. The van der Waals surface area contributed by atoms with Crippen LogP contribution in [0, 0.1) is 23.4 Å². The molecule has 1 atom stereocenters. The molecule has 0 bridgehead atoms. The molecule has 3 rings (SSSR count). The molecular weight excluding hydrogens is 493 g/mol. The summed E-state index contributed by atoms with van der Waals surface area (Å²) in [4.78, 5) is 10.8. The number of unbranched alkanes of at least 4 members (excludes halogenated alkanes) is 1. The Morgan fingerprint density at radius 3 is 2.44 bits per heavy atom. The highest BCUT2D eigenvalue weighted by Crippen LogP contribution is 2.28. The fraction of sp³-hybridized carbons (Fsp3) is 0.250. The van der Waals surface area contributed by atoms with Crippen LogP contribution < -0.4 is 4.74 Å². The minimum absolute atomic E-state index is 0.0167. The second-order valence-corrected chi connectivity index (χ2v) is 8.84. The van der Waals surface area contributed by atoms with Crippen molar-refractivity contribution in [2.75, 3.05) is 0 Å². The number of carbonyl (C=O) groups is 1. The van der Waals surface area contributed by atoms with Gasteiger partial charge in [-0.05, 0) is 67.1 Å². The molecule has 0 fully saturated rings. The van der Waals surface area contributed by atoms with Gasteiger partial charge in [0.1, 0.15) is 18.2 Å². The lowest BCUT2D eigenvalue weighted by Crippen LogP contribution is -2.04. The first kappa shape index (κ1) is 27.1. The number of carboxylic acid groups (broad SMARTS) is 1. The molecule has 0 spiro atoms. The van der Waals surface area contributed by atoms with Crippen LogP contribution in [0.1, 0.15) is 42.4 Å². The molecule has 190 valence electrons. The van der Waals surface area contributed by atoms with Gasteiger partial charge in [0.15, 0.2) is 17.4 Å². The average molecular weight is 519 g/mol. The number of aromatic hydroxyl groups is 1. The lowest BCUT2D eigenvalue weighted by Gasteiger charge is -2.15. The van der Waals surface area contributed by atoms with Crippen LogP contribution in [0.25, 0.3) is 6.08 Å². The van der Waals surface area contributed by atoms with E-state index in [-0.39, 0.29) is 25.4 Å². The standard InChI is InChI=1S/C28H26ClF3O4/c29-23-7-3-2-6-21(23)17-36-26-12-11-22(30)16-20(26)10-9-18(5-1-4-8-27(33)34)13-19-14-24(31)28(35)25(32)15-19/h2-3,6-7,9-12,14-16,18,35H,1,4-5,8,13,17H2,(H,33,34). The Hall–Kier alpha value is -3.45. The fourth-order valence-electron chi connectivity index (χ4n) is 3.78. The first-order chi connectivity index (χ1) is 17.2. The van der Waals surface area contributed by atoms with Crippen LogP contribution in [0.15, 0.2) is 60.7 Å². The maximum Gasteiger partial charge on any atom is 0.303 e. The summed E-state index contributed by atoms with van der Waals surface area (Å²) in [5, 5.41) is 18.8. The highest BCUT2D eigenvalue weighted by atomic mass is 35.5. The molecule has 0 amide bonds. The highest BCUT2D eigenvalue weighted by Gasteiger charge is 2.14. The van der Waals surface area contributed by atoms with Gasteiger partial charge in [0.25, 0.3) is 0 Å². The summed E-state index contributed by atoms with van der Waals surface area (Å²) < 4.78 is 47.6. The SMILES string of the molecule is O=C(O)CCCCC(C=Cc1cc(F)ccc1OCc1ccccc1Cl)Cc1cc(F)c(O)c(F)c1. The Balaban J connectivity index is 1.80. The van der Waals surface area contributed by atoms with E-state index in [1.165, 1.54) is 18.2 Å². The van der Waals surface area contributed by atoms with Crippen molar-refractivity contribution in [3.63, 3.8) is 0 Å². The largest absolute Gasteiger partial charge is 0.503 e. The summed E-state index contributed by atoms with van der Waals surface area (Å²) in [5.41, 5.74) is 1.58. The van der Waals surface area contributed by atoms with Crippen molar-refractivity contribution < 1.29 is 32.9 Å². The summed E-state index contributed by atoms with van der Waals surface area (Å²) in [6.45, 7) is 0.177. The van der Waals surface area contributed by atoms with Crippen molar-refractivity contribution in [3.8, 4) is 11.5 Å². The zero-order valence-corrected chi connectivity index (χ0v) is 20.1. The van der Waals surface area contributed by atoms with Crippen molar-refractivity contribution in [2.45, 2.75) is 38.7 Å². The third-order valence-electron chi connectivity index (χ3n) is 5.65. The van der Waals surface area contributed by atoms with Crippen LogP contribution in [0.2, 0.25) is 5.02 Å². The number of phenols is 1. The molecular formula is C28H26ClF3O4. The number of hydrogen-bond acceptors (Lipinski definition) is 3. The van der Waals surface area contributed by atoms with Gasteiger partial charge in [-0.2, -0.15) is 0 Å². The monoisotopic (exact) mass is 518 g/mol. The lowest BCUT2D eigenvalue weighted by molar-refractivity contribution is -0.137. The van der Waals surface area contributed by atoms with Crippen LogP contribution in [0.3, 0.4) is 0 Å². The molecule has 0 aromatic heterocycles.